The van der Waals surface area contributed by atoms with Gasteiger partial charge < -0.3 is 21.1 Å². The summed E-state index contributed by atoms with van der Waals surface area (Å²) in [6.07, 6.45) is -3.73. The van der Waals surface area contributed by atoms with Crippen molar-refractivity contribution in [3.8, 4) is 16.3 Å². The molecule has 0 radical (unpaired) electrons. The number of nitrogen functional groups attached to an aromatic ring is 1. The second kappa shape index (κ2) is 8.90. The van der Waals surface area contributed by atoms with E-state index in [9.17, 15) is 26.7 Å². The van der Waals surface area contributed by atoms with Crippen molar-refractivity contribution < 1.29 is 31.5 Å². The Morgan fingerprint density at radius 1 is 1.27 bits per heavy atom. The SMILES string of the molecule is Nc1cc(C(F)(F)F)c(-c2c(F)cccc2F)nc1C(=O)Nc1cnsc1OCC1CNC1. The molecule has 3 heterocycles. The quantitative estimate of drug-likeness (QED) is 0.458. The van der Waals surface area contributed by atoms with Gasteiger partial charge >= 0.3 is 6.18 Å². The van der Waals surface area contributed by atoms with E-state index >= 15 is 0 Å². The number of carbonyl (C=O) groups excluding carboxylic acids is 1. The van der Waals surface area contributed by atoms with Gasteiger partial charge in [0.05, 0.1) is 35.3 Å². The van der Waals surface area contributed by atoms with Crippen molar-refractivity contribution in [1.82, 2.24) is 14.7 Å². The summed E-state index contributed by atoms with van der Waals surface area (Å²) in [5.41, 5.74) is 0.995. The minimum absolute atomic E-state index is 0.164. The number of amides is 1. The number of hydrogen-bond acceptors (Lipinski definition) is 7. The molecule has 1 aliphatic rings. The highest BCUT2D eigenvalue weighted by atomic mass is 32.1. The summed E-state index contributed by atoms with van der Waals surface area (Å²) in [7, 11) is 0. The maximum Gasteiger partial charge on any atom is 0.418 e. The van der Waals surface area contributed by atoms with Crippen LogP contribution in [-0.2, 0) is 6.18 Å². The van der Waals surface area contributed by atoms with E-state index in [1.165, 1.54) is 6.20 Å². The minimum atomic E-state index is -5.03. The lowest BCUT2D eigenvalue weighted by Crippen LogP contribution is -2.45. The fourth-order valence-electron chi connectivity index (χ4n) is 3.10. The van der Waals surface area contributed by atoms with Gasteiger partial charge in [0.25, 0.3) is 5.91 Å². The molecule has 2 aromatic heterocycles. The number of nitrogens with one attached hydrogen (secondary N) is 2. The predicted molar refractivity (Wildman–Crippen MR) is 111 cm³/mol. The Morgan fingerprint density at radius 3 is 2.58 bits per heavy atom. The summed E-state index contributed by atoms with van der Waals surface area (Å²) >= 11 is 0.970. The molecule has 13 heteroatoms. The zero-order valence-electron chi connectivity index (χ0n) is 16.7. The molecule has 1 saturated heterocycles. The zero-order valence-corrected chi connectivity index (χ0v) is 17.5. The number of halogens is 5. The number of carbonyl (C=O) groups is 1. The lowest BCUT2D eigenvalue weighted by molar-refractivity contribution is -0.137. The van der Waals surface area contributed by atoms with Crippen LogP contribution in [-0.4, -0.2) is 35.0 Å². The van der Waals surface area contributed by atoms with Crippen molar-refractivity contribution in [3.05, 3.63) is 53.4 Å². The van der Waals surface area contributed by atoms with Crippen molar-refractivity contribution in [2.24, 2.45) is 5.92 Å². The number of rotatable bonds is 6. The third-order valence-corrected chi connectivity index (χ3v) is 5.59. The highest BCUT2D eigenvalue weighted by Crippen LogP contribution is 2.40. The topological polar surface area (TPSA) is 102 Å². The first kappa shape index (κ1) is 22.9. The largest absolute Gasteiger partial charge is 0.481 e. The van der Waals surface area contributed by atoms with Gasteiger partial charge in [0, 0.05) is 30.5 Å². The highest BCUT2D eigenvalue weighted by molar-refractivity contribution is 7.08. The third kappa shape index (κ3) is 4.73. The Hall–Kier alpha value is -3.32. The Morgan fingerprint density at radius 2 is 1.97 bits per heavy atom. The molecule has 0 spiro atoms. The van der Waals surface area contributed by atoms with E-state index < -0.39 is 51.9 Å². The van der Waals surface area contributed by atoms with Crippen molar-refractivity contribution >= 4 is 28.8 Å². The van der Waals surface area contributed by atoms with Crippen molar-refractivity contribution in [1.29, 1.82) is 0 Å². The molecule has 1 aromatic carbocycles. The van der Waals surface area contributed by atoms with Gasteiger partial charge in [-0.05, 0) is 18.2 Å². The molecule has 4 N–H and O–H groups in total. The van der Waals surface area contributed by atoms with Crippen LogP contribution < -0.4 is 21.1 Å². The van der Waals surface area contributed by atoms with Gasteiger partial charge in [-0.3, -0.25) is 4.79 Å². The number of hydrogen-bond donors (Lipinski definition) is 3. The van der Waals surface area contributed by atoms with Gasteiger partial charge in [0.2, 0.25) is 5.06 Å². The lowest BCUT2D eigenvalue weighted by Gasteiger charge is -2.26. The van der Waals surface area contributed by atoms with Crippen molar-refractivity contribution in [2.75, 3.05) is 30.7 Å². The molecule has 1 aliphatic heterocycles. The summed E-state index contributed by atoms with van der Waals surface area (Å²) in [4.78, 5) is 16.4. The van der Waals surface area contributed by atoms with Crippen molar-refractivity contribution in [3.63, 3.8) is 0 Å². The first-order valence-electron chi connectivity index (χ1n) is 9.56. The molecule has 0 unspecified atom stereocenters. The third-order valence-electron chi connectivity index (χ3n) is 4.87. The number of nitrogens with zero attached hydrogens (tertiary/aromatic N) is 2. The number of pyridine rings is 1. The fourth-order valence-corrected chi connectivity index (χ4v) is 3.68. The van der Waals surface area contributed by atoms with E-state index in [4.69, 9.17) is 10.5 Å². The molecular weight excluding hydrogens is 469 g/mol. The Balaban J connectivity index is 1.68. The molecule has 174 valence electrons. The smallest absolute Gasteiger partial charge is 0.418 e. The van der Waals surface area contributed by atoms with E-state index in [0.717, 1.165) is 42.8 Å². The lowest BCUT2D eigenvalue weighted by atomic mass is 10.0. The summed E-state index contributed by atoms with van der Waals surface area (Å²) in [6.45, 7) is 1.97. The molecule has 1 amide bonds. The number of anilines is 2. The van der Waals surface area contributed by atoms with Crippen LogP contribution >= 0.6 is 11.5 Å². The molecular formula is C20H16F5N5O2S. The predicted octanol–water partition coefficient (Wildman–Crippen LogP) is 3.93. The average Bonchev–Trinajstić information content (AvgIpc) is 3.13. The summed E-state index contributed by atoms with van der Waals surface area (Å²) < 4.78 is 78.9. The normalized spacial score (nSPS) is 14.1. The van der Waals surface area contributed by atoms with Crippen LogP contribution in [0.15, 0.2) is 30.5 Å². The monoisotopic (exact) mass is 485 g/mol. The Bertz CT molecular complexity index is 1180. The highest BCUT2D eigenvalue weighted by Gasteiger charge is 2.37. The van der Waals surface area contributed by atoms with Gasteiger partial charge in [-0.2, -0.15) is 17.5 Å². The maximum atomic E-state index is 14.3. The summed E-state index contributed by atoms with van der Waals surface area (Å²) in [6, 6.07) is 3.00. The Labute approximate surface area is 187 Å². The van der Waals surface area contributed by atoms with Gasteiger partial charge in [-0.25, -0.2) is 13.8 Å². The van der Waals surface area contributed by atoms with Crippen LogP contribution in [0, 0.1) is 17.6 Å². The zero-order chi connectivity index (χ0) is 23.8. The molecule has 0 atom stereocenters. The maximum absolute atomic E-state index is 14.3. The van der Waals surface area contributed by atoms with Crippen LogP contribution in [0.3, 0.4) is 0 Å². The second-order valence-electron chi connectivity index (χ2n) is 7.23. The molecule has 0 saturated carbocycles. The number of ether oxygens (including phenoxy) is 1. The van der Waals surface area contributed by atoms with Crippen LogP contribution in [0.2, 0.25) is 0 Å². The number of aromatic nitrogens is 2. The molecule has 3 aromatic rings. The number of benzene rings is 1. The van der Waals surface area contributed by atoms with Gasteiger partial charge in [-0.1, -0.05) is 6.07 Å². The van der Waals surface area contributed by atoms with E-state index in [1.807, 2.05) is 0 Å². The first-order valence-corrected chi connectivity index (χ1v) is 10.3. The minimum Gasteiger partial charge on any atom is -0.481 e. The van der Waals surface area contributed by atoms with Gasteiger partial charge in [0.15, 0.2) is 5.69 Å². The van der Waals surface area contributed by atoms with Crippen LogP contribution in [0.4, 0.5) is 33.3 Å². The van der Waals surface area contributed by atoms with Crippen molar-refractivity contribution in [2.45, 2.75) is 6.18 Å². The second-order valence-corrected chi connectivity index (χ2v) is 8.00. The van der Waals surface area contributed by atoms with E-state index in [-0.39, 0.29) is 5.69 Å². The summed E-state index contributed by atoms with van der Waals surface area (Å²) in [5.74, 6) is -3.23. The average molecular weight is 485 g/mol. The van der Waals surface area contributed by atoms with Crippen LogP contribution in [0.5, 0.6) is 5.06 Å². The molecule has 33 heavy (non-hydrogen) atoms. The van der Waals surface area contributed by atoms with E-state index in [1.54, 1.807) is 0 Å². The molecule has 0 bridgehead atoms. The standard InChI is InChI=1S/C20H16F5N5O2S/c21-11-2-1-3-12(22)15(11)16-10(20(23,24)25)4-13(26)17(30-16)18(31)29-14-7-28-33-19(14)32-8-9-5-27-6-9/h1-4,7,9,27H,5-6,8,26H2,(H,29,31). The molecule has 0 aliphatic carbocycles. The van der Waals surface area contributed by atoms with Gasteiger partial charge in [0.1, 0.15) is 17.3 Å². The molecule has 7 nitrogen and oxygen atoms in total. The number of alkyl halides is 3. The number of nitrogens with two attached hydrogens (primary N) is 1. The van der Waals surface area contributed by atoms with Crippen LogP contribution in [0.25, 0.3) is 11.3 Å². The first-order chi connectivity index (χ1) is 15.6. The summed E-state index contributed by atoms with van der Waals surface area (Å²) in [5, 5.41) is 5.81. The Kier molecular flexibility index (Phi) is 6.17. The molecule has 4 rings (SSSR count). The van der Waals surface area contributed by atoms with Gasteiger partial charge in [-0.15, -0.1) is 0 Å². The molecule has 1 fully saturated rings. The van der Waals surface area contributed by atoms with E-state index in [0.29, 0.717) is 23.7 Å². The fraction of sp³-hybridized carbons (Fsp3) is 0.250. The van der Waals surface area contributed by atoms with Crippen LogP contribution in [0.1, 0.15) is 16.1 Å². The van der Waals surface area contributed by atoms with E-state index in [2.05, 4.69) is 20.0 Å².